The molecule has 7 nitrogen and oxygen atoms in total. The number of carbonyl (C=O) groups excluding carboxylic acids is 1. The zero-order valence-electron chi connectivity index (χ0n) is 17.2. The lowest BCUT2D eigenvalue weighted by Gasteiger charge is -2.19. The van der Waals surface area contributed by atoms with Gasteiger partial charge in [-0.3, -0.25) is 14.7 Å². The number of hydrogen-bond donors (Lipinski definition) is 1. The molecule has 3 rings (SSSR count). The Balaban J connectivity index is 1.96. The first kappa shape index (κ1) is 20.5. The Morgan fingerprint density at radius 3 is 2.59 bits per heavy atom. The molecule has 0 saturated carbocycles. The normalized spacial score (nSPS) is 11.4. The van der Waals surface area contributed by atoms with Gasteiger partial charge in [-0.2, -0.15) is 0 Å². The quantitative estimate of drug-likeness (QED) is 0.690. The van der Waals surface area contributed by atoms with Crippen LogP contribution in [0.5, 0.6) is 0 Å². The first-order valence-electron chi connectivity index (χ1n) is 9.75. The van der Waals surface area contributed by atoms with Crippen molar-refractivity contribution in [2.75, 3.05) is 5.32 Å². The standard InChI is InChI=1S/C22H26N4O3/c1-5-6-11-19-24-17-10-8-7-9-16(17)20(27)26(19)15-12-13-18(23-14-15)25-21(28)29-22(2,3)4/h7-10,12-14H,5-6,11H2,1-4H3,(H,23,25,28). The fourth-order valence-electron chi connectivity index (χ4n) is 2.95. The van der Waals surface area contributed by atoms with E-state index in [0.29, 0.717) is 34.7 Å². The van der Waals surface area contributed by atoms with Crippen molar-refractivity contribution in [3.63, 3.8) is 0 Å². The minimum Gasteiger partial charge on any atom is -0.444 e. The van der Waals surface area contributed by atoms with Crippen molar-refractivity contribution in [3.8, 4) is 5.69 Å². The SMILES string of the molecule is CCCCc1nc2ccccc2c(=O)n1-c1ccc(NC(=O)OC(C)(C)C)nc1. The summed E-state index contributed by atoms with van der Waals surface area (Å²) in [6.07, 6.45) is 3.59. The van der Waals surface area contributed by atoms with Gasteiger partial charge in [0.05, 0.1) is 22.8 Å². The number of para-hydroxylation sites is 1. The van der Waals surface area contributed by atoms with Gasteiger partial charge in [0.2, 0.25) is 0 Å². The van der Waals surface area contributed by atoms with Gasteiger partial charge in [-0.05, 0) is 51.5 Å². The minimum atomic E-state index is -0.595. The van der Waals surface area contributed by atoms with E-state index >= 15 is 0 Å². The predicted molar refractivity (Wildman–Crippen MR) is 114 cm³/mol. The molecule has 0 radical (unpaired) electrons. The van der Waals surface area contributed by atoms with Crippen molar-refractivity contribution in [3.05, 3.63) is 58.8 Å². The van der Waals surface area contributed by atoms with Gasteiger partial charge in [0, 0.05) is 6.42 Å². The molecule has 1 N–H and O–H groups in total. The molecule has 2 heterocycles. The molecule has 3 aromatic rings. The summed E-state index contributed by atoms with van der Waals surface area (Å²) in [5.41, 5.74) is 0.573. The van der Waals surface area contributed by atoms with Crippen molar-refractivity contribution in [2.45, 2.75) is 52.6 Å². The summed E-state index contributed by atoms with van der Waals surface area (Å²) in [6.45, 7) is 7.47. The molecule has 0 unspecified atom stereocenters. The minimum absolute atomic E-state index is 0.128. The van der Waals surface area contributed by atoms with Crippen LogP contribution in [0, 0.1) is 0 Å². The van der Waals surface area contributed by atoms with E-state index in [9.17, 15) is 9.59 Å². The number of fused-ring (bicyclic) bond motifs is 1. The second kappa shape index (κ2) is 8.43. The molecule has 2 aromatic heterocycles. The Hall–Kier alpha value is -3.22. The lowest BCUT2D eigenvalue weighted by Crippen LogP contribution is -2.27. The Kier molecular flexibility index (Phi) is 5.96. The highest BCUT2D eigenvalue weighted by Gasteiger charge is 2.17. The maximum atomic E-state index is 13.1. The summed E-state index contributed by atoms with van der Waals surface area (Å²) in [7, 11) is 0. The highest BCUT2D eigenvalue weighted by atomic mass is 16.6. The van der Waals surface area contributed by atoms with E-state index in [-0.39, 0.29) is 5.56 Å². The lowest BCUT2D eigenvalue weighted by atomic mass is 10.2. The van der Waals surface area contributed by atoms with Crippen LogP contribution in [0.4, 0.5) is 10.6 Å². The number of nitrogens with zero attached hydrogens (tertiary/aromatic N) is 3. The summed E-state index contributed by atoms with van der Waals surface area (Å²) >= 11 is 0. The summed E-state index contributed by atoms with van der Waals surface area (Å²) in [6, 6.07) is 10.7. The Morgan fingerprint density at radius 2 is 1.93 bits per heavy atom. The number of aryl methyl sites for hydroxylation is 1. The molecule has 0 aliphatic heterocycles. The Bertz CT molecular complexity index is 1070. The van der Waals surface area contributed by atoms with E-state index in [1.54, 1.807) is 49.7 Å². The van der Waals surface area contributed by atoms with Gasteiger partial charge in [-0.1, -0.05) is 25.5 Å². The van der Waals surface area contributed by atoms with E-state index in [2.05, 4.69) is 17.2 Å². The van der Waals surface area contributed by atoms with Crippen LogP contribution in [-0.2, 0) is 11.2 Å². The number of rotatable bonds is 5. The molecule has 0 aliphatic rings. The van der Waals surface area contributed by atoms with Crippen LogP contribution in [0.1, 0.15) is 46.4 Å². The molecule has 0 fully saturated rings. The molecular weight excluding hydrogens is 368 g/mol. The van der Waals surface area contributed by atoms with Crippen LogP contribution in [0.15, 0.2) is 47.4 Å². The lowest BCUT2D eigenvalue weighted by molar-refractivity contribution is 0.0635. The molecule has 0 bridgehead atoms. The molecule has 7 heteroatoms. The molecule has 0 spiro atoms. The first-order valence-corrected chi connectivity index (χ1v) is 9.75. The predicted octanol–water partition coefficient (Wildman–Crippen LogP) is 4.47. The number of carbonyl (C=O) groups is 1. The number of aromatic nitrogens is 3. The maximum absolute atomic E-state index is 13.1. The number of anilines is 1. The van der Waals surface area contributed by atoms with Gasteiger partial charge < -0.3 is 4.74 Å². The van der Waals surface area contributed by atoms with Gasteiger partial charge >= 0.3 is 6.09 Å². The van der Waals surface area contributed by atoms with E-state index in [4.69, 9.17) is 9.72 Å². The van der Waals surface area contributed by atoms with Gasteiger partial charge in [0.1, 0.15) is 17.2 Å². The number of nitrogens with one attached hydrogen (secondary N) is 1. The smallest absolute Gasteiger partial charge is 0.413 e. The third kappa shape index (κ3) is 4.99. The average Bonchev–Trinajstić information content (AvgIpc) is 2.66. The molecule has 0 saturated heterocycles. The number of pyridine rings is 1. The van der Waals surface area contributed by atoms with Crippen molar-refractivity contribution in [2.24, 2.45) is 0 Å². The topological polar surface area (TPSA) is 86.1 Å². The van der Waals surface area contributed by atoms with Crippen molar-refractivity contribution in [1.82, 2.24) is 14.5 Å². The monoisotopic (exact) mass is 394 g/mol. The van der Waals surface area contributed by atoms with Crippen LogP contribution < -0.4 is 10.9 Å². The third-order valence-corrected chi connectivity index (χ3v) is 4.23. The largest absolute Gasteiger partial charge is 0.444 e. The van der Waals surface area contributed by atoms with Crippen LogP contribution in [0.2, 0.25) is 0 Å². The summed E-state index contributed by atoms with van der Waals surface area (Å²) in [5.74, 6) is 1.05. The van der Waals surface area contributed by atoms with Gasteiger partial charge in [0.15, 0.2) is 0 Å². The summed E-state index contributed by atoms with van der Waals surface area (Å²) < 4.78 is 6.83. The third-order valence-electron chi connectivity index (χ3n) is 4.23. The number of hydrogen-bond acceptors (Lipinski definition) is 5. The highest BCUT2D eigenvalue weighted by molar-refractivity contribution is 5.83. The summed E-state index contributed by atoms with van der Waals surface area (Å²) in [4.78, 5) is 34.0. The molecule has 1 aromatic carbocycles. The van der Waals surface area contributed by atoms with Crippen molar-refractivity contribution < 1.29 is 9.53 Å². The van der Waals surface area contributed by atoms with Crippen LogP contribution >= 0.6 is 0 Å². The van der Waals surface area contributed by atoms with Crippen LogP contribution in [0.3, 0.4) is 0 Å². The molecule has 152 valence electrons. The fourth-order valence-corrected chi connectivity index (χ4v) is 2.95. The molecule has 0 atom stereocenters. The molecule has 29 heavy (non-hydrogen) atoms. The molecule has 1 amide bonds. The Labute approximate surface area is 169 Å². The highest BCUT2D eigenvalue weighted by Crippen LogP contribution is 2.16. The van der Waals surface area contributed by atoms with E-state index < -0.39 is 11.7 Å². The Morgan fingerprint density at radius 1 is 1.17 bits per heavy atom. The number of amides is 1. The van der Waals surface area contributed by atoms with Crippen LogP contribution in [-0.4, -0.2) is 26.2 Å². The van der Waals surface area contributed by atoms with Gasteiger partial charge in [0.25, 0.3) is 5.56 Å². The van der Waals surface area contributed by atoms with E-state index in [1.807, 2.05) is 18.2 Å². The molecule has 0 aliphatic carbocycles. The number of unbranched alkanes of at least 4 members (excludes halogenated alkanes) is 1. The summed E-state index contributed by atoms with van der Waals surface area (Å²) in [5, 5.41) is 3.15. The average molecular weight is 394 g/mol. The van der Waals surface area contributed by atoms with Crippen molar-refractivity contribution in [1.29, 1.82) is 0 Å². The zero-order valence-corrected chi connectivity index (χ0v) is 17.2. The number of benzene rings is 1. The second-order valence-electron chi connectivity index (χ2n) is 7.82. The van der Waals surface area contributed by atoms with E-state index in [1.165, 1.54) is 0 Å². The number of ether oxygens (including phenoxy) is 1. The second-order valence-corrected chi connectivity index (χ2v) is 7.82. The maximum Gasteiger partial charge on any atom is 0.413 e. The molecular formula is C22H26N4O3. The van der Waals surface area contributed by atoms with Crippen LogP contribution in [0.25, 0.3) is 16.6 Å². The van der Waals surface area contributed by atoms with Crippen molar-refractivity contribution >= 4 is 22.8 Å². The first-order chi connectivity index (χ1) is 13.8. The zero-order chi connectivity index (χ0) is 21.0. The van der Waals surface area contributed by atoms with E-state index in [0.717, 1.165) is 12.8 Å². The van der Waals surface area contributed by atoms with Gasteiger partial charge in [-0.25, -0.2) is 14.8 Å². The fraction of sp³-hybridized carbons (Fsp3) is 0.364. The van der Waals surface area contributed by atoms with Gasteiger partial charge in [-0.15, -0.1) is 0 Å².